The van der Waals surface area contributed by atoms with Crippen LogP contribution in [0.25, 0.3) is 0 Å². The lowest BCUT2D eigenvalue weighted by Crippen LogP contribution is -2.69. The van der Waals surface area contributed by atoms with Crippen molar-refractivity contribution in [1.82, 2.24) is 19.7 Å². The number of methoxy groups -OCH3 is 1. The maximum absolute atomic E-state index is 13.7. The fourth-order valence-corrected chi connectivity index (χ4v) is 6.51. The highest BCUT2D eigenvalue weighted by Gasteiger charge is 2.61. The predicted molar refractivity (Wildman–Crippen MR) is 125 cm³/mol. The number of ether oxygens (including phenoxy) is 3. The van der Waals surface area contributed by atoms with Crippen molar-refractivity contribution in [3.05, 3.63) is 48.2 Å². The third-order valence-electron chi connectivity index (χ3n) is 6.30. The highest BCUT2D eigenvalue weighted by Crippen LogP contribution is 2.43. The van der Waals surface area contributed by atoms with Crippen LogP contribution in [0.5, 0.6) is 11.6 Å². The number of rotatable bonds is 8. The fraction of sp³-hybridized carbons (Fsp3) is 0.391. The van der Waals surface area contributed by atoms with E-state index in [9.17, 15) is 23.2 Å². The molecule has 3 heterocycles. The lowest BCUT2D eigenvalue weighted by Gasteiger charge is -2.45. The largest absolute Gasteiger partial charge is 0.447 e. The molecule has 37 heavy (non-hydrogen) atoms. The van der Waals surface area contributed by atoms with Crippen molar-refractivity contribution in [2.24, 2.45) is 0 Å². The second-order valence-electron chi connectivity index (χ2n) is 8.52. The van der Waals surface area contributed by atoms with Crippen molar-refractivity contribution in [3.8, 4) is 17.7 Å². The molecule has 196 valence electrons. The molecule has 2 bridgehead atoms. The fourth-order valence-electron chi connectivity index (χ4n) is 4.60. The SMILES string of the molecule is COCCOC(=O)N1CC2CCC(C(=O)NO)(C1)N2S(=O)(=O)c1ccc(Oc2ccc(C#N)cc2)nc1. The maximum Gasteiger partial charge on any atom is 0.409 e. The summed E-state index contributed by atoms with van der Waals surface area (Å²) in [5, 5.41) is 18.3. The van der Waals surface area contributed by atoms with Crippen LogP contribution in [0.2, 0.25) is 0 Å². The molecule has 2 N–H and O–H groups in total. The van der Waals surface area contributed by atoms with E-state index in [0.717, 1.165) is 10.5 Å². The Kier molecular flexibility index (Phi) is 7.60. The van der Waals surface area contributed by atoms with Crippen molar-refractivity contribution in [2.45, 2.75) is 29.3 Å². The number of fused-ring (bicyclic) bond motifs is 2. The number of carbonyl (C=O) groups is 2. The van der Waals surface area contributed by atoms with Gasteiger partial charge in [0.05, 0.1) is 31.0 Å². The maximum atomic E-state index is 13.7. The van der Waals surface area contributed by atoms with Crippen LogP contribution in [0.15, 0.2) is 47.5 Å². The van der Waals surface area contributed by atoms with Crippen LogP contribution in [0.3, 0.4) is 0 Å². The van der Waals surface area contributed by atoms with E-state index in [4.69, 9.17) is 19.5 Å². The zero-order chi connectivity index (χ0) is 26.6. The molecule has 2 fully saturated rings. The minimum atomic E-state index is -4.27. The van der Waals surface area contributed by atoms with Gasteiger partial charge in [-0.3, -0.25) is 10.0 Å². The number of hydrogen-bond donors (Lipinski definition) is 2. The Morgan fingerprint density at radius 1 is 1.24 bits per heavy atom. The minimum Gasteiger partial charge on any atom is -0.447 e. The second kappa shape index (κ2) is 10.7. The van der Waals surface area contributed by atoms with Gasteiger partial charge in [0, 0.05) is 25.8 Å². The zero-order valence-corrected chi connectivity index (χ0v) is 20.7. The van der Waals surface area contributed by atoms with Crippen molar-refractivity contribution in [1.29, 1.82) is 5.26 Å². The normalized spacial score (nSPS) is 21.2. The van der Waals surface area contributed by atoms with Crippen LogP contribution in [0.1, 0.15) is 18.4 Å². The first-order valence-electron chi connectivity index (χ1n) is 11.3. The minimum absolute atomic E-state index is 0.000264. The highest BCUT2D eigenvalue weighted by atomic mass is 32.2. The lowest BCUT2D eigenvalue weighted by atomic mass is 9.96. The number of hydroxylamine groups is 1. The monoisotopic (exact) mass is 531 g/mol. The molecular formula is C23H25N5O8S. The summed E-state index contributed by atoms with van der Waals surface area (Å²) in [6.07, 6.45) is 0.798. The number of hydrogen-bond acceptors (Lipinski definition) is 10. The molecule has 2 saturated heterocycles. The van der Waals surface area contributed by atoms with E-state index in [2.05, 4.69) is 4.98 Å². The Hall–Kier alpha value is -3.77. The summed E-state index contributed by atoms with van der Waals surface area (Å²) in [6, 6.07) is 10.3. The van der Waals surface area contributed by atoms with Crippen molar-refractivity contribution in [3.63, 3.8) is 0 Å². The summed E-state index contributed by atoms with van der Waals surface area (Å²) >= 11 is 0. The van der Waals surface area contributed by atoms with Crippen molar-refractivity contribution >= 4 is 22.0 Å². The van der Waals surface area contributed by atoms with Gasteiger partial charge >= 0.3 is 6.09 Å². The number of nitrogens with one attached hydrogen (secondary N) is 1. The Morgan fingerprint density at radius 3 is 2.62 bits per heavy atom. The molecule has 2 aliphatic rings. The van der Waals surface area contributed by atoms with Crippen molar-refractivity contribution < 1.29 is 37.4 Å². The first-order chi connectivity index (χ1) is 17.7. The summed E-state index contributed by atoms with van der Waals surface area (Å²) in [5.74, 6) is -0.410. The number of pyridine rings is 1. The van der Waals surface area contributed by atoms with Crippen LogP contribution in [0.4, 0.5) is 4.79 Å². The van der Waals surface area contributed by atoms with Gasteiger partial charge in [-0.15, -0.1) is 0 Å². The van der Waals surface area contributed by atoms with Gasteiger partial charge in [-0.1, -0.05) is 0 Å². The van der Waals surface area contributed by atoms with E-state index in [0.29, 0.717) is 17.7 Å². The summed E-state index contributed by atoms with van der Waals surface area (Å²) in [6.45, 7) is -0.100. The molecule has 13 nitrogen and oxygen atoms in total. The number of benzene rings is 1. The first kappa shape index (κ1) is 26.3. The Balaban J connectivity index is 1.57. The van der Waals surface area contributed by atoms with Gasteiger partial charge in [-0.2, -0.15) is 9.57 Å². The van der Waals surface area contributed by atoms with Gasteiger partial charge in [0.15, 0.2) is 0 Å². The van der Waals surface area contributed by atoms with Crippen LogP contribution in [0, 0.1) is 11.3 Å². The van der Waals surface area contributed by atoms with Gasteiger partial charge < -0.3 is 19.1 Å². The average molecular weight is 532 g/mol. The standard InChI is InChI=1S/C23H25N5O8S/c1-34-10-11-35-22(30)27-14-17-8-9-23(15-27,21(29)26-31)28(17)37(32,33)19-6-7-20(25-13-19)36-18-4-2-16(12-24)3-5-18/h2-7,13,17,31H,8-11,14-15H2,1H3,(H,26,29). The van der Waals surface area contributed by atoms with Crippen LogP contribution in [-0.4, -0.2) is 84.8 Å². The summed E-state index contributed by atoms with van der Waals surface area (Å²) in [5.41, 5.74) is 0.295. The van der Waals surface area contributed by atoms with Crippen LogP contribution in [-0.2, 0) is 24.3 Å². The van der Waals surface area contributed by atoms with E-state index in [1.54, 1.807) is 29.7 Å². The number of piperazine rings is 1. The number of carbonyl (C=O) groups excluding carboxylic acids is 2. The second-order valence-corrected chi connectivity index (χ2v) is 10.3. The summed E-state index contributed by atoms with van der Waals surface area (Å²) < 4.78 is 44.1. The molecule has 2 aromatic rings. The molecule has 4 rings (SSSR count). The van der Waals surface area contributed by atoms with Gasteiger partial charge in [0.1, 0.15) is 22.8 Å². The highest BCUT2D eigenvalue weighted by molar-refractivity contribution is 7.89. The Bertz CT molecular complexity index is 1300. The van der Waals surface area contributed by atoms with E-state index < -0.39 is 33.6 Å². The van der Waals surface area contributed by atoms with Gasteiger partial charge in [0.2, 0.25) is 15.9 Å². The molecule has 1 aromatic heterocycles. The van der Waals surface area contributed by atoms with E-state index >= 15 is 0 Å². The third-order valence-corrected chi connectivity index (χ3v) is 8.30. The van der Waals surface area contributed by atoms with Gasteiger partial charge in [-0.05, 0) is 43.2 Å². The van der Waals surface area contributed by atoms with E-state index in [1.807, 2.05) is 6.07 Å². The molecule has 0 spiro atoms. The zero-order valence-electron chi connectivity index (χ0n) is 19.9. The molecule has 0 saturated carbocycles. The molecule has 1 aromatic carbocycles. The number of likely N-dealkylation sites (tertiary alicyclic amines) is 1. The molecule has 2 atom stereocenters. The van der Waals surface area contributed by atoms with Gasteiger partial charge in [0.25, 0.3) is 5.91 Å². The molecule has 2 aliphatic heterocycles. The summed E-state index contributed by atoms with van der Waals surface area (Å²) in [4.78, 5) is 30.5. The Morgan fingerprint density at radius 2 is 2.00 bits per heavy atom. The molecule has 0 radical (unpaired) electrons. The number of amides is 2. The molecular weight excluding hydrogens is 506 g/mol. The topological polar surface area (TPSA) is 171 Å². The molecule has 0 aliphatic carbocycles. The number of nitrogens with zero attached hydrogens (tertiary/aromatic N) is 4. The quantitative estimate of drug-likeness (QED) is 0.287. The molecule has 2 amide bonds. The third kappa shape index (κ3) is 5.07. The lowest BCUT2D eigenvalue weighted by molar-refractivity contribution is -0.141. The van der Waals surface area contributed by atoms with Gasteiger partial charge in [-0.25, -0.2) is 23.7 Å². The predicted octanol–water partition coefficient (Wildman–Crippen LogP) is 1.24. The van der Waals surface area contributed by atoms with Crippen molar-refractivity contribution in [2.75, 3.05) is 33.4 Å². The molecule has 2 unspecified atom stereocenters. The number of sulfonamides is 1. The number of aromatic nitrogens is 1. The van der Waals surface area contributed by atoms with E-state index in [1.165, 1.54) is 24.1 Å². The number of nitriles is 1. The van der Waals surface area contributed by atoms with E-state index in [-0.39, 0.29) is 43.5 Å². The van der Waals surface area contributed by atoms with Crippen LogP contribution < -0.4 is 10.2 Å². The summed E-state index contributed by atoms with van der Waals surface area (Å²) in [7, 11) is -2.81. The van der Waals surface area contributed by atoms with Crippen LogP contribution >= 0.6 is 0 Å². The Labute approximate surface area is 213 Å². The smallest absolute Gasteiger partial charge is 0.409 e. The first-order valence-corrected chi connectivity index (χ1v) is 12.7. The molecule has 14 heteroatoms. The average Bonchev–Trinajstić information content (AvgIpc) is 3.17.